The molecule has 1 aromatic rings. The molecule has 2 fully saturated rings. The summed E-state index contributed by atoms with van der Waals surface area (Å²) in [6, 6.07) is 5.02. The summed E-state index contributed by atoms with van der Waals surface area (Å²) >= 11 is 3.29. The quantitative estimate of drug-likeness (QED) is 0.653. The summed E-state index contributed by atoms with van der Waals surface area (Å²) < 4.78 is 20.9. The van der Waals surface area contributed by atoms with Gasteiger partial charge in [-0.15, -0.1) is 0 Å². The molecule has 5 heteroatoms. The highest BCUT2D eigenvalue weighted by Gasteiger charge is 2.44. The minimum atomic E-state index is -0.212. The van der Waals surface area contributed by atoms with E-state index in [1.807, 2.05) is 12.1 Å². The average molecular weight is 343 g/mol. The Hall–Kier alpha value is -0.490. The van der Waals surface area contributed by atoms with Gasteiger partial charge in [-0.25, -0.2) is 4.39 Å². The van der Waals surface area contributed by atoms with Crippen LogP contribution in [-0.4, -0.2) is 12.2 Å². The average Bonchev–Trinajstić information content (AvgIpc) is 2.40. The fourth-order valence-corrected chi connectivity index (χ4v) is 3.84. The minimum Gasteiger partial charge on any atom is -0.375 e. The van der Waals surface area contributed by atoms with Gasteiger partial charge in [-0.3, -0.25) is 11.3 Å². The van der Waals surface area contributed by atoms with Crippen molar-refractivity contribution in [1.29, 1.82) is 0 Å². The first kappa shape index (κ1) is 14.4. The van der Waals surface area contributed by atoms with E-state index in [1.54, 1.807) is 0 Å². The van der Waals surface area contributed by atoms with Crippen molar-refractivity contribution in [3.05, 3.63) is 34.1 Å². The molecule has 2 atom stereocenters. The lowest BCUT2D eigenvalue weighted by molar-refractivity contribution is -0.147. The molecule has 3 nitrogen and oxygen atoms in total. The summed E-state index contributed by atoms with van der Waals surface area (Å²) in [5, 5.41) is 0. The Morgan fingerprint density at radius 2 is 2.25 bits per heavy atom. The van der Waals surface area contributed by atoms with Gasteiger partial charge in [-0.05, 0) is 50.2 Å². The van der Waals surface area contributed by atoms with Gasteiger partial charge in [0.15, 0.2) is 0 Å². The lowest BCUT2D eigenvalue weighted by Gasteiger charge is -2.48. The van der Waals surface area contributed by atoms with Gasteiger partial charge in [0.2, 0.25) is 0 Å². The molecule has 110 valence electrons. The first-order valence-corrected chi connectivity index (χ1v) is 7.98. The largest absolute Gasteiger partial charge is 0.375 e. The monoisotopic (exact) mass is 342 g/mol. The lowest BCUT2D eigenvalue weighted by atomic mass is 9.69. The van der Waals surface area contributed by atoms with Gasteiger partial charge in [0, 0.05) is 16.6 Å². The maximum atomic E-state index is 14.2. The molecular weight excluding hydrogens is 323 g/mol. The summed E-state index contributed by atoms with van der Waals surface area (Å²) in [6.07, 6.45) is 5.39. The molecule has 1 saturated heterocycles. The second kappa shape index (κ2) is 5.72. The third kappa shape index (κ3) is 2.64. The van der Waals surface area contributed by atoms with Crippen LogP contribution in [-0.2, 0) is 4.74 Å². The molecule has 3 rings (SSSR count). The highest BCUT2D eigenvalue weighted by Crippen LogP contribution is 2.47. The Balaban J connectivity index is 1.81. The maximum Gasteiger partial charge on any atom is 0.129 e. The van der Waals surface area contributed by atoms with Gasteiger partial charge in [-0.2, -0.15) is 0 Å². The van der Waals surface area contributed by atoms with Crippen molar-refractivity contribution < 1.29 is 9.13 Å². The Morgan fingerprint density at radius 1 is 1.45 bits per heavy atom. The molecule has 2 aliphatic rings. The number of hydrazine groups is 1. The molecule has 0 aromatic heterocycles. The molecule has 3 N–H and O–H groups in total. The normalized spacial score (nSPS) is 26.2. The van der Waals surface area contributed by atoms with Gasteiger partial charge < -0.3 is 4.74 Å². The molecule has 0 bridgehead atoms. The third-order valence-electron chi connectivity index (χ3n) is 4.74. The van der Waals surface area contributed by atoms with E-state index in [4.69, 9.17) is 10.6 Å². The molecule has 1 aliphatic carbocycles. The van der Waals surface area contributed by atoms with Crippen molar-refractivity contribution in [3.8, 4) is 0 Å². The number of halogens is 2. The number of hydrogen-bond donors (Lipinski definition) is 2. The second-order valence-electron chi connectivity index (χ2n) is 5.95. The van der Waals surface area contributed by atoms with Crippen molar-refractivity contribution in [2.75, 3.05) is 6.61 Å². The zero-order valence-electron chi connectivity index (χ0n) is 11.4. The fourth-order valence-electron chi connectivity index (χ4n) is 3.50. The van der Waals surface area contributed by atoms with Crippen LogP contribution in [0.4, 0.5) is 4.39 Å². The lowest BCUT2D eigenvalue weighted by Crippen LogP contribution is -2.48. The van der Waals surface area contributed by atoms with E-state index < -0.39 is 0 Å². The molecule has 1 heterocycles. The number of ether oxygens (including phenoxy) is 1. The van der Waals surface area contributed by atoms with Crippen LogP contribution in [0.1, 0.15) is 43.7 Å². The van der Waals surface area contributed by atoms with Crippen LogP contribution in [0.2, 0.25) is 0 Å². The van der Waals surface area contributed by atoms with Gasteiger partial charge in [0.25, 0.3) is 0 Å². The Kier molecular flexibility index (Phi) is 4.13. The molecule has 2 unspecified atom stereocenters. The minimum absolute atomic E-state index is 0.0455. The zero-order chi connectivity index (χ0) is 14.2. The van der Waals surface area contributed by atoms with E-state index in [9.17, 15) is 4.39 Å². The van der Waals surface area contributed by atoms with E-state index in [1.165, 1.54) is 12.5 Å². The smallest absolute Gasteiger partial charge is 0.129 e. The summed E-state index contributed by atoms with van der Waals surface area (Å²) in [5.74, 6) is 5.83. The third-order valence-corrected chi connectivity index (χ3v) is 5.24. The van der Waals surface area contributed by atoms with Crippen molar-refractivity contribution >= 4 is 15.9 Å². The van der Waals surface area contributed by atoms with E-state index in [0.29, 0.717) is 11.5 Å². The summed E-state index contributed by atoms with van der Waals surface area (Å²) in [4.78, 5) is 0. The second-order valence-corrected chi connectivity index (χ2v) is 6.86. The highest BCUT2D eigenvalue weighted by atomic mass is 79.9. The van der Waals surface area contributed by atoms with Crippen LogP contribution >= 0.6 is 15.9 Å². The summed E-state index contributed by atoms with van der Waals surface area (Å²) in [5.41, 5.74) is 3.52. The van der Waals surface area contributed by atoms with Gasteiger partial charge >= 0.3 is 0 Å². The van der Waals surface area contributed by atoms with Crippen LogP contribution in [0.15, 0.2) is 22.7 Å². The van der Waals surface area contributed by atoms with Crippen LogP contribution in [0.25, 0.3) is 0 Å². The predicted molar refractivity (Wildman–Crippen MR) is 79.4 cm³/mol. The van der Waals surface area contributed by atoms with E-state index in [2.05, 4.69) is 21.4 Å². The highest BCUT2D eigenvalue weighted by molar-refractivity contribution is 9.10. The number of benzene rings is 1. The maximum absolute atomic E-state index is 14.2. The van der Waals surface area contributed by atoms with Crippen LogP contribution in [0, 0.1) is 11.7 Å². The standard InChI is InChI=1S/C15H20BrFN2O/c16-11-2-3-12(13(17)8-11)14(19-18)10-4-7-20-15(9-10)5-1-6-15/h2-3,8,10,14,19H,1,4-7,9,18H2. The fraction of sp³-hybridized carbons (Fsp3) is 0.600. The predicted octanol–water partition coefficient (Wildman–Crippen LogP) is 3.44. The van der Waals surface area contributed by atoms with Gasteiger partial charge in [0.1, 0.15) is 5.82 Å². The molecule has 1 aromatic carbocycles. The van der Waals surface area contributed by atoms with Crippen LogP contribution in [0.5, 0.6) is 0 Å². The number of hydrogen-bond acceptors (Lipinski definition) is 3. The molecule has 20 heavy (non-hydrogen) atoms. The Bertz CT molecular complexity index is 493. The van der Waals surface area contributed by atoms with Crippen molar-refractivity contribution in [3.63, 3.8) is 0 Å². The van der Waals surface area contributed by atoms with Gasteiger partial charge in [-0.1, -0.05) is 22.0 Å². The van der Waals surface area contributed by atoms with E-state index >= 15 is 0 Å². The molecule has 1 aliphatic heterocycles. The van der Waals surface area contributed by atoms with Crippen molar-refractivity contribution in [1.82, 2.24) is 5.43 Å². The Labute approximate surface area is 127 Å². The topological polar surface area (TPSA) is 47.3 Å². The van der Waals surface area contributed by atoms with Crippen LogP contribution < -0.4 is 11.3 Å². The number of nitrogens with two attached hydrogens (primary N) is 1. The van der Waals surface area contributed by atoms with Crippen molar-refractivity contribution in [2.24, 2.45) is 11.8 Å². The first-order chi connectivity index (χ1) is 9.63. The van der Waals surface area contributed by atoms with Crippen molar-refractivity contribution in [2.45, 2.75) is 43.7 Å². The van der Waals surface area contributed by atoms with E-state index in [0.717, 1.165) is 36.8 Å². The molecule has 1 spiro atoms. The zero-order valence-corrected chi connectivity index (χ0v) is 13.0. The molecule has 1 saturated carbocycles. The first-order valence-electron chi connectivity index (χ1n) is 7.19. The Morgan fingerprint density at radius 3 is 2.85 bits per heavy atom. The number of rotatable bonds is 3. The van der Waals surface area contributed by atoms with E-state index in [-0.39, 0.29) is 17.5 Å². The SMILES string of the molecule is NNC(c1ccc(Br)cc1F)C1CCOC2(CCC2)C1. The van der Waals surface area contributed by atoms with Gasteiger partial charge in [0.05, 0.1) is 11.6 Å². The van der Waals surface area contributed by atoms with Crippen LogP contribution in [0.3, 0.4) is 0 Å². The molecule has 0 radical (unpaired) electrons. The summed E-state index contributed by atoms with van der Waals surface area (Å²) in [6.45, 7) is 0.751. The molecular formula is C15H20BrFN2O. The molecule has 0 amide bonds. The summed E-state index contributed by atoms with van der Waals surface area (Å²) in [7, 11) is 0. The number of nitrogens with one attached hydrogen (secondary N) is 1.